The monoisotopic (exact) mass is 349 g/mol. The van der Waals surface area contributed by atoms with Gasteiger partial charge >= 0.3 is 0 Å². The van der Waals surface area contributed by atoms with Crippen LogP contribution in [0.1, 0.15) is 33.1 Å². The number of rotatable bonds is 3. The van der Waals surface area contributed by atoms with Crippen LogP contribution in [0.4, 0.5) is 0 Å². The Morgan fingerprint density at radius 1 is 1.14 bits per heavy atom. The van der Waals surface area contributed by atoms with Crippen LogP contribution in [-0.2, 0) is 4.79 Å². The molecular weight excluding hydrogens is 333 g/mol. The maximum Gasteiger partial charge on any atom is 0.260 e. The van der Waals surface area contributed by atoms with E-state index in [0.29, 0.717) is 20.8 Å². The van der Waals surface area contributed by atoms with Crippen LogP contribution in [0.25, 0.3) is 0 Å². The van der Waals surface area contributed by atoms with E-state index in [1.807, 2.05) is 4.90 Å². The predicted octanol–water partition coefficient (Wildman–Crippen LogP) is 4.82. The summed E-state index contributed by atoms with van der Waals surface area (Å²) in [5, 5.41) is 1.05. The molecule has 1 fully saturated rings. The van der Waals surface area contributed by atoms with E-state index >= 15 is 0 Å². The summed E-state index contributed by atoms with van der Waals surface area (Å²) in [6.45, 7) is 4.09. The molecule has 6 heteroatoms. The molecule has 21 heavy (non-hydrogen) atoms. The van der Waals surface area contributed by atoms with Gasteiger partial charge in [0.1, 0.15) is 5.75 Å². The van der Waals surface area contributed by atoms with Crippen molar-refractivity contribution >= 4 is 40.7 Å². The molecule has 0 N–H and O–H groups in total. The standard InChI is InChI=1S/C15H18Cl3NO2/c1-9-4-3-5-10(2)19(9)15(20)8-21-14-7-12(17)11(16)6-13(14)18/h6-7,9-10H,3-5,8H2,1-2H3/t9-,10-/m1/s1. The maximum absolute atomic E-state index is 12.4. The van der Waals surface area contributed by atoms with E-state index in [1.54, 1.807) is 0 Å². The Morgan fingerprint density at radius 2 is 1.71 bits per heavy atom. The van der Waals surface area contributed by atoms with Gasteiger partial charge in [-0.15, -0.1) is 0 Å². The molecule has 0 unspecified atom stereocenters. The number of nitrogens with zero attached hydrogens (tertiary/aromatic N) is 1. The van der Waals surface area contributed by atoms with E-state index in [9.17, 15) is 4.79 Å². The lowest BCUT2D eigenvalue weighted by Crippen LogP contribution is -2.49. The van der Waals surface area contributed by atoms with Gasteiger partial charge in [-0.2, -0.15) is 0 Å². The summed E-state index contributed by atoms with van der Waals surface area (Å²) in [6, 6.07) is 3.53. The molecule has 1 aliphatic heterocycles. The third kappa shape index (κ3) is 3.97. The number of hydrogen-bond acceptors (Lipinski definition) is 2. The van der Waals surface area contributed by atoms with Gasteiger partial charge in [-0.05, 0) is 39.2 Å². The minimum absolute atomic E-state index is 0.0307. The zero-order valence-corrected chi connectivity index (χ0v) is 14.3. The van der Waals surface area contributed by atoms with Crippen molar-refractivity contribution in [3.8, 4) is 5.75 Å². The molecule has 1 saturated heterocycles. The number of amides is 1. The molecule has 1 aromatic rings. The number of hydrogen-bond donors (Lipinski definition) is 0. The van der Waals surface area contributed by atoms with Crippen LogP contribution >= 0.6 is 34.8 Å². The van der Waals surface area contributed by atoms with Crippen molar-refractivity contribution in [3.05, 3.63) is 27.2 Å². The molecular formula is C15H18Cl3NO2. The molecule has 1 aliphatic rings. The summed E-state index contributed by atoms with van der Waals surface area (Å²) in [5.41, 5.74) is 0. The van der Waals surface area contributed by atoms with Crippen molar-refractivity contribution in [2.24, 2.45) is 0 Å². The zero-order chi connectivity index (χ0) is 15.6. The average Bonchev–Trinajstić information content (AvgIpc) is 2.41. The third-order valence-electron chi connectivity index (χ3n) is 3.81. The fourth-order valence-corrected chi connectivity index (χ4v) is 3.33. The molecule has 1 heterocycles. The molecule has 0 aliphatic carbocycles. The lowest BCUT2D eigenvalue weighted by molar-refractivity contribution is -0.139. The number of piperidine rings is 1. The number of benzene rings is 1. The molecule has 0 spiro atoms. The van der Waals surface area contributed by atoms with Gasteiger partial charge in [0, 0.05) is 18.2 Å². The molecule has 0 saturated carbocycles. The number of likely N-dealkylation sites (tertiary alicyclic amines) is 1. The topological polar surface area (TPSA) is 29.5 Å². The summed E-state index contributed by atoms with van der Waals surface area (Å²) >= 11 is 17.8. The number of halogens is 3. The van der Waals surface area contributed by atoms with Crippen molar-refractivity contribution in [2.75, 3.05) is 6.61 Å². The van der Waals surface area contributed by atoms with E-state index in [4.69, 9.17) is 39.5 Å². The Hall–Kier alpha value is -0.640. The van der Waals surface area contributed by atoms with Crippen molar-refractivity contribution in [1.82, 2.24) is 4.90 Å². The zero-order valence-electron chi connectivity index (χ0n) is 12.0. The Kier molecular flexibility index (Phi) is 5.64. The highest BCUT2D eigenvalue weighted by atomic mass is 35.5. The summed E-state index contributed by atoms with van der Waals surface area (Å²) < 4.78 is 5.52. The second-order valence-electron chi connectivity index (χ2n) is 5.42. The minimum atomic E-state index is -0.0492. The fraction of sp³-hybridized carbons (Fsp3) is 0.533. The van der Waals surface area contributed by atoms with Gasteiger partial charge in [0.05, 0.1) is 15.1 Å². The highest BCUT2D eigenvalue weighted by molar-refractivity contribution is 6.43. The van der Waals surface area contributed by atoms with Crippen molar-refractivity contribution in [1.29, 1.82) is 0 Å². The third-order valence-corrected chi connectivity index (χ3v) is 4.82. The van der Waals surface area contributed by atoms with Crippen LogP contribution in [0.5, 0.6) is 5.75 Å². The predicted molar refractivity (Wildman–Crippen MR) is 86.6 cm³/mol. The lowest BCUT2D eigenvalue weighted by atomic mass is 9.97. The molecule has 0 aromatic heterocycles. The Labute approximate surface area is 140 Å². The van der Waals surface area contributed by atoms with E-state index in [-0.39, 0.29) is 24.6 Å². The fourth-order valence-electron chi connectivity index (χ4n) is 2.74. The highest BCUT2D eigenvalue weighted by Crippen LogP contribution is 2.34. The summed E-state index contributed by atoms with van der Waals surface area (Å²) in [6.07, 6.45) is 3.22. The molecule has 1 amide bonds. The van der Waals surface area contributed by atoms with Crippen LogP contribution in [0.15, 0.2) is 12.1 Å². The SMILES string of the molecule is C[C@@H]1CCC[C@@H](C)N1C(=O)COc1cc(Cl)c(Cl)cc1Cl. The van der Waals surface area contributed by atoms with E-state index in [1.165, 1.54) is 12.1 Å². The van der Waals surface area contributed by atoms with Gasteiger partial charge in [0.2, 0.25) is 0 Å². The van der Waals surface area contributed by atoms with E-state index in [0.717, 1.165) is 19.3 Å². The van der Waals surface area contributed by atoms with Crippen LogP contribution in [0.2, 0.25) is 15.1 Å². The molecule has 2 atom stereocenters. The van der Waals surface area contributed by atoms with Gasteiger partial charge in [0.15, 0.2) is 6.61 Å². The first-order valence-electron chi connectivity index (χ1n) is 6.98. The van der Waals surface area contributed by atoms with Gasteiger partial charge in [0.25, 0.3) is 5.91 Å². The number of ether oxygens (including phenoxy) is 1. The Bertz CT molecular complexity index is 526. The Morgan fingerprint density at radius 3 is 2.33 bits per heavy atom. The van der Waals surface area contributed by atoms with Crippen molar-refractivity contribution < 1.29 is 9.53 Å². The average molecular weight is 351 g/mol. The van der Waals surface area contributed by atoms with Gasteiger partial charge < -0.3 is 9.64 Å². The molecule has 3 nitrogen and oxygen atoms in total. The first kappa shape index (κ1) is 16.7. The lowest BCUT2D eigenvalue weighted by Gasteiger charge is -2.39. The first-order valence-corrected chi connectivity index (χ1v) is 8.12. The maximum atomic E-state index is 12.4. The second kappa shape index (κ2) is 7.08. The van der Waals surface area contributed by atoms with Crippen LogP contribution in [0, 0.1) is 0 Å². The summed E-state index contributed by atoms with van der Waals surface area (Å²) in [7, 11) is 0. The molecule has 0 bridgehead atoms. The van der Waals surface area contributed by atoms with Crippen LogP contribution in [0.3, 0.4) is 0 Å². The van der Waals surface area contributed by atoms with Gasteiger partial charge in [-0.25, -0.2) is 0 Å². The van der Waals surface area contributed by atoms with Crippen LogP contribution in [-0.4, -0.2) is 29.5 Å². The smallest absolute Gasteiger partial charge is 0.260 e. The molecule has 2 rings (SSSR count). The number of carbonyl (C=O) groups is 1. The van der Waals surface area contributed by atoms with E-state index in [2.05, 4.69) is 13.8 Å². The largest absolute Gasteiger partial charge is 0.482 e. The van der Waals surface area contributed by atoms with Gasteiger partial charge in [-0.3, -0.25) is 4.79 Å². The second-order valence-corrected chi connectivity index (χ2v) is 6.64. The first-order chi connectivity index (χ1) is 9.90. The quantitative estimate of drug-likeness (QED) is 0.732. The highest BCUT2D eigenvalue weighted by Gasteiger charge is 2.29. The van der Waals surface area contributed by atoms with Gasteiger partial charge in [-0.1, -0.05) is 34.8 Å². The molecule has 0 radical (unpaired) electrons. The summed E-state index contributed by atoms with van der Waals surface area (Å²) in [4.78, 5) is 14.3. The number of carbonyl (C=O) groups excluding carboxylic acids is 1. The van der Waals surface area contributed by atoms with Crippen molar-refractivity contribution in [3.63, 3.8) is 0 Å². The minimum Gasteiger partial charge on any atom is -0.482 e. The van der Waals surface area contributed by atoms with E-state index < -0.39 is 0 Å². The Balaban J connectivity index is 2.02. The molecule has 116 valence electrons. The van der Waals surface area contributed by atoms with Crippen molar-refractivity contribution in [2.45, 2.75) is 45.2 Å². The van der Waals surface area contributed by atoms with Crippen LogP contribution < -0.4 is 4.74 Å². The summed E-state index contributed by atoms with van der Waals surface area (Å²) in [5.74, 6) is 0.341. The molecule has 1 aromatic carbocycles. The normalized spacial score (nSPS) is 22.2.